The molecule has 0 saturated heterocycles. The SMILES string of the molecule is COc1ccc(/C=N/NC(=O)c2ccccc2)cc1O.COc1ccc(/C=N/NC(=O)c2ccccc2)cc1O. The van der Waals surface area contributed by atoms with Gasteiger partial charge in [0.15, 0.2) is 23.0 Å². The molecular weight excluding hydrogens is 512 g/mol. The molecule has 0 aliphatic heterocycles. The maximum Gasteiger partial charge on any atom is 0.271 e. The molecule has 0 aliphatic rings. The number of hydrogen-bond acceptors (Lipinski definition) is 8. The number of rotatable bonds is 8. The topological polar surface area (TPSA) is 142 Å². The molecule has 4 aromatic rings. The van der Waals surface area contributed by atoms with Crippen molar-refractivity contribution in [2.24, 2.45) is 10.2 Å². The highest BCUT2D eigenvalue weighted by Gasteiger charge is 2.04. The van der Waals surface area contributed by atoms with Crippen molar-refractivity contribution in [1.29, 1.82) is 0 Å². The van der Waals surface area contributed by atoms with Crippen LogP contribution in [0, 0.1) is 0 Å². The summed E-state index contributed by atoms with van der Waals surface area (Å²) in [6, 6.07) is 27.2. The number of carbonyl (C=O) groups is 2. The number of amides is 2. The van der Waals surface area contributed by atoms with Crippen LogP contribution in [0.4, 0.5) is 0 Å². The molecule has 0 heterocycles. The number of nitrogens with zero attached hydrogens (tertiary/aromatic N) is 2. The fourth-order valence-electron chi connectivity index (χ4n) is 3.21. The molecule has 10 heteroatoms. The summed E-state index contributed by atoms with van der Waals surface area (Å²) in [4.78, 5) is 23.4. The Morgan fingerprint density at radius 1 is 0.625 bits per heavy atom. The fraction of sp³-hybridized carbons (Fsp3) is 0.0667. The Hall–Kier alpha value is -5.64. The van der Waals surface area contributed by atoms with E-state index in [0.717, 1.165) is 0 Å². The lowest BCUT2D eigenvalue weighted by atomic mass is 10.2. The number of ether oxygens (including phenoxy) is 2. The lowest BCUT2D eigenvalue weighted by molar-refractivity contribution is 0.0947. The van der Waals surface area contributed by atoms with Gasteiger partial charge in [-0.2, -0.15) is 10.2 Å². The Labute approximate surface area is 231 Å². The Balaban J connectivity index is 0.000000220. The van der Waals surface area contributed by atoms with E-state index in [2.05, 4.69) is 21.1 Å². The number of hydrazone groups is 2. The zero-order valence-corrected chi connectivity index (χ0v) is 21.8. The van der Waals surface area contributed by atoms with Gasteiger partial charge in [-0.15, -0.1) is 0 Å². The first-order valence-electron chi connectivity index (χ1n) is 11.9. The molecule has 204 valence electrons. The van der Waals surface area contributed by atoms with E-state index in [1.807, 2.05) is 12.1 Å². The molecule has 4 aromatic carbocycles. The Bertz CT molecular complexity index is 1360. The lowest BCUT2D eigenvalue weighted by Crippen LogP contribution is -2.17. The van der Waals surface area contributed by atoms with Crippen molar-refractivity contribution in [2.75, 3.05) is 14.2 Å². The second-order valence-corrected chi connectivity index (χ2v) is 7.99. The van der Waals surface area contributed by atoms with Crippen molar-refractivity contribution in [3.8, 4) is 23.0 Å². The van der Waals surface area contributed by atoms with Gasteiger partial charge in [0.2, 0.25) is 0 Å². The first-order chi connectivity index (χ1) is 19.4. The van der Waals surface area contributed by atoms with E-state index in [1.165, 1.54) is 38.8 Å². The van der Waals surface area contributed by atoms with Crippen molar-refractivity contribution in [3.05, 3.63) is 119 Å². The summed E-state index contributed by atoms with van der Waals surface area (Å²) >= 11 is 0. The van der Waals surface area contributed by atoms with Gasteiger partial charge in [-0.05, 0) is 71.8 Å². The molecule has 0 bridgehead atoms. The van der Waals surface area contributed by atoms with E-state index < -0.39 is 0 Å². The van der Waals surface area contributed by atoms with Gasteiger partial charge in [-0.1, -0.05) is 36.4 Å². The molecule has 2 amide bonds. The standard InChI is InChI=1S/2C15H14N2O3/c2*1-20-14-8-7-11(9-13(14)18)10-16-17-15(19)12-5-3-2-4-6-12/h2*2-10,18H,1H3,(H,17,19)/b2*16-10+. The average Bonchev–Trinajstić information content (AvgIpc) is 2.98. The Morgan fingerprint density at radius 2 is 1.00 bits per heavy atom. The third-order valence-electron chi connectivity index (χ3n) is 5.24. The zero-order chi connectivity index (χ0) is 28.7. The van der Waals surface area contributed by atoms with Crippen LogP contribution < -0.4 is 20.3 Å². The second kappa shape index (κ2) is 14.9. The van der Waals surface area contributed by atoms with Crippen LogP contribution in [0.25, 0.3) is 0 Å². The van der Waals surface area contributed by atoms with E-state index in [0.29, 0.717) is 33.8 Å². The predicted molar refractivity (Wildman–Crippen MR) is 152 cm³/mol. The summed E-state index contributed by atoms with van der Waals surface area (Å²) in [7, 11) is 2.95. The van der Waals surface area contributed by atoms with Crippen LogP contribution in [-0.2, 0) is 0 Å². The average molecular weight is 541 g/mol. The number of benzene rings is 4. The monoisotopic (exact) mass is 540 g/mol. The van der Waals surface area contributed by atoms with Crippen LogP contribution in [0.2, 0.25) is 0 Å². The quantitative estimate of drug-likeness (QED) is 0.194. The fourth-order valence-corrected chi connectivity index (χ4v) is 3.21. The Morgan fingerprint density at radius 3 is 1.32 bits per heavy atom. The highest BCUT2D eigenvalue weighted by atomic mass is 16.5. The summed E-state index contributed by atoms with van der Waals surface area (Å²) in [5.41, 5.74) is 7.19. The summed E-state index contributed by atoms with van der Waals surface area (Å²) in [6.07, 6.45) is 2.89. The molecule has 0 atom stereocenters. The van der Waals surface area contributed by atoms with Crippen molar-refractivity contribution < 1.29 is 29.3 Å². The maximum atomic E-state index is 11.7. The van der Waals surface area contributed by atoms with Gasteiger partial charge < -0.3 is 19.7 Å². The Kier molecular flexibility index (Phi) is 10.8. The third-order valence-corrected chi connectivity index (χ3v) is 5.24. The molecule has 0 aromatic heterocycles. The highest BCUT2D eigenvalue weighted by molar-refractivity contribution is 5.95. The predicted octanol–water partition coefficient (Wildman–Crippen LogP) is 4.33. The summed E-state index contributed by atoms with van der Waals surface area (Å²) in [5.74, 6) is 0.224. The number of aromatic hydroxyl groups is 2. The van der Waals surface area contributed by atoms with Crippen LogP contribution in [0.1, 0.15) is 31.8 Å². The van der Waals surface area contributed by atoms with Gasteiger partial charge in [-0.3, -0.25) is 9.59 Å². The van der Waals surface area contributed by atoms with E-state index in [-0.39, 0.29) is 23.3 Å². The van der Waals surface area contributed by atoms with Gasteiger partial charge >= 0.3 is 0 Å². The van der Waals surface area contributed by atoms with E-state index in [4.69, 9.17) is 9.47 Å². The molecule has 0 spiro atoms. The summed E-state index contributed by atoms with van der Waals surface area (Å²) in [5, 5.41) is 26.9. The minimum Gasteiger partial charge on any atom is -0.504 e. The molecule has 0 radical (unpaired) electrons. The van der Waals surface area contributed by atoms with E-state index >= 15 is 0 Å². The number of hydrogen-bond donors (Lipinski definition) is 4. The molecule has 10 nitrogen and oxygen atoms in total. The second-order valence-electron chi connectivity index (χ2n) is 7.99. The molecular formula is C30H28N4O6. The highest BCUT2D eigenvalue weighted by Crippen LogP contribution is 2.26. The van der Waals surface area contributed by atoms with Gasteiger partial charge in [0.1, 0.15) is 0 Å². The number of phenols is 2. The number of nitrogens with one attached hydrogen (secondary N) is 2. The van der Waals surface area contributed by atoms with Gasteiger partial charge in [0.05, 0.1) is 26.6 Å². The van der Waals surface area contributed by atoms with Crippen LogP contribution in [0.3, 0.4) is 0 Å². The van der Waals surface area contributed by atoms with Crippen LogP contribution in [0.5, 0.6) is 23.0 Å². The molecule has 40 heavy (non-hydrogen) atoms. The van der Waals surface area contributed by atoms with Crippen molar-refractivity contribution in [2.45, 2.75) is 0 Å². The minimum atomic E-state index is -0.292. The van der Waals surface area contributed by atoms with Gasteiger partial charge in [-0.25, -0.2) is 10.9 Å². The normalized spacial score (nSPS) is 10.4. The van der Waals surface area contributed by atoms with Crippen LogP contribution >= 0.6 is 0 Å². The molecule has 0 unspecified atom stereocenters. The largest absolute Gasteiger partial charge is 0.504 e. The van der Waals surface area contributed by atoms with Crippen molar-refractivity contribution in [3.63, 3.8) is 0 Å². The summed E-state index contributed by atoms with van der Waals surface area (Å²) in [6.45, 7) is 0. The van der Waals surface area contributed by atoms with Crippen LogP contribution in [-0.4, -0.2) is 48.7 Å². The van der Waals surface area contributed by atoms with Gasteiger partial charge in [0, 0.05) is 11.1 Å². The summed E-state index contributed by atoms with van der Waals surface area (Å²) < 4.78 is 9.87. The molecule has 0 saturated carbocycles. The molecule has 0 fully saturated rings. The molecule has 4 N–H and O–H groups in total. The smallest absolute Gasteiger partial charge is 0.271 e. The maximum absolute atomic E-state index is 11.7. The number of phenolic OH excluding ortho intramolecular Hbond substituents is 2. The molecule has 4 rings (SSSR count). The third kappa shape index (κ3) is 8.73. The minimum absolute atomic E-state index is 0.0193. The van der Waals surface area contributed by atoms with Crippen molar-refractivity contribution >= 4 is 24.2 Å². The van der Waals surface area contributed by atoms with E-state index in [1.54, 1.807) is 72.8 Å². The van der Waals surface area contributed by atoms with Crippen LogP contribution in [0.15, 0.2) is 107 Å². The first-order valence-corrected chi connectivity index (χ1v) is 11.9. The first kappa shape index (κ1) is 28.9. The van der Waals surface area contributed by atoms with E-state index in [9.17, 15) is 19.8 Å². The van der Waals surface area contributed by atoms with Gasteiger partial charge in [0.25, 0.3) is 11.8 Å². The molecule has 0 aliphatic carbocycles. The zero-order valence-electron chi connectivity index (χ0n) is 21.8. The van der Waals surface area contributed by atoms with Crippen molar-refractivity contribution in [1.82, 2.24) is 10.9 Å². The lowest BCUT2D eigenvalue weighted by Gasteiger charge is -2.03. The number of carbonyl (C=O) groups excluding carboxylic acids is 2. The number of methoxy groups -OCH3 is 2.